The zero-order chi connectivity index (χ0) is 23.8. The van der Waals surface area contributed by atoms with Gasteiger partial charge in [0.2, 0.25) is 0 Å². The zero-order valence-electron chi connectivity index (χ0n) is 21.2. The molecule has 2 unspecified atom stereocenters. The summed E-state index contributed by atoms with van der Waals surface area (Å²) in [4.78, 5) is 0. The first-order valence-electron chi connectivity index (χ1n) is 12.7. The molecule has 0 spiro atoms. The maximum Gasteiger partial charge on any atom is -1.00 e. The molecule has 6 rings (SSSR count). The second-order valence-electron chi connectivity index (χ2n) is 9.86. The van der Waals surface area contributed by atoms with Gasteiger partial charge in [0.15, 0.2) is 0 Å². The summed E-state index contributed by atoms with van der Waals surface area (Å²) in [5.74, 6) is 0.894. The number of hydrogen-bond donors (Lipinski definition) is 0. The van der Waals surface area contributed by atoms with Crippen LogP contribution in [0.2, 0.25) is 0 Å². The van der Waals surface area contributed by atoms with E-state index in [2.05, 4.69) is 123 Å². The molecule has 0 bridgehead atoms. The number of rotatable bonds is 4. The summed E-state index contributed by atoms with van der Waals surface area (Å²) in [7, 11) is 0. The predicted octanol–water partition coefficient (Wildman–Crippen LogP) is 2.85. The molecule has 0 fully saturated rings. The van der Waals surface area contributed by atoms with Crippen molar-refractivity contribution in [1.82, 2.24) is 0 Å². The monoisotopic (exact) mass is 598 g/mol. The Balaban J connectivity index is 0.00000160. The molecule has 4 aliphatic rings. The molecule has 37 heavy (non-hydrogen) atoms. The number of benzene rings is 2. The van der Waals surface area contributed by atoms with Crippen LogP contribution in [0.3, 0.4) is 0 Å². The molecule has 3 heteroatoms. The first-order chi connectivity index (χ1) is 17.2. The third kappa shape index (κ3) is 5.38. The minimum absolute atomic E-state index is 0. The molecule has 2 atom stereocenters. The molecule has 0 aromatic heterocycles. The van der Waals surface area contributed by atoms with Gasteiger partial charge in [-0.2, -0.15) is 0 Å². The van der Waals surface area contributed by atoms with Crippen LogP contribution < -0.4 is 24.8 Å². The van der Waals surface area contributed by atoms with Gasteiger partial charge in [0.05, 0.1) is 0 Å². The molecule has 0 radical (unpaired) electrons. The van der Waals surface area contributed by atoms with Crippen LogP contribution in [0.5, 0.6) is 0 Å². The second-order valence-corrected chi connectivity index (χ2v) is 12.9. The maximum atomic E-state index is 2.50. The van der Waals surface area contributed by atoms with Gasteiger partial charge >= 0.3 is 222 Å². The molecule has 2 aromatic carbocycles. The molecule has 0 amide bonds. The topological polar surface area (TPSA) is 0 Å². The summed E-state index contributed by atoms with van der Waals surface area (Å²) in [6, 6.07) is 22.1. The fraction of sp³-hybridized carbons (Fsp3) is 0.176. The summed E-state index contributed by atoms with van der Waals surface area (Å²) in [5.41, 5.74) is 11.9. The van der Waals surface area contributed by atoms with Crippen LogP contribution in [0.25, 0.3) is 0 Å². The van der Waals surface area contributed by atoms with E-state index in [0.717, 1.165) is 12.8 Å². The van der Waals surface area contributed by atoms with Gasteiger partial charge in [-0.05, 0) is 0 Å². The van der Waals surface area contributed by atoms with E-state index in [1.807, 2.05) is 0 Å². The third-order valence-corrected chi connectivity index (χ3v) is 12.1. The quantitative estimate of drug-likeness (QED) is 0.507. The third-order valence-electron chi connectivity index (χ3n) is 7.64. The van der Waals surface area contributed by atoms with Crippen molar-refractivity contribution in [3.8, 4) is 0 Å². The summed E-state index contributed by atoms with van der Waals surface area (Å²) in [6.07, 6.45) is 21.2. The molecule has 0 saturated carbocycles. The molecule has 0 nitrogen and oxygen atoms in total. The van der Waals surface area contributed by atoms with Gasteiger partial charge in [-0.15, -0.1) is 0 Å². The number of allylic oxidation sites excluding steroid dienone is 16. The number of fused-ring (bicyclic) bond motifs is 2. The van der Waals surface area contributed by atoms with E-state index in [4.69, 9.17) is 0 Å². The number of hydrogen-bond acceptors (Lipinski definition) is 0. The molecule has 2 aromatic rings. The normalized spacial score (nSPS) is 21.8. The van der Waals surface area contributed by atoms with Gasteiger partial charge in [-0.1, -0.05) is 0 Å². The van der Waals surface area contributed by atoms with E-state index in [1.54, 1.807) is 6.56 Å². The standard InChI is InChI=1S/2C17H15.2ClH.Zr/c2*1-13-11-15-9-5-6-10-16(17(15)12-13)14-7-3-2-4-8-14;;;/h2*2-9,12,16H,10H2,1H3;2*1H;/q;;;;+2/p-2. The van der Waals surface area contributed by atoms with Crippen molar-refractivity contribution in [3.63, 3.8) is 0 Å². The van der Waals surface area contributed by atoms with Gasteiger partial charge in [-0.25, -0.2) is 0 Å². The SMILES string of the molecule is CC1=[C]([Zr+2][C]2=C(C)C=C3C2=CC=CCC3c2ccccc2)C2=CC=CCC(c3ccccc3)C2=C1.[Cl-].[Cl-]. The van der Waals surface area contributed by atoms with E-state index < -0.39 is 23.2 Å². The minimum Gasteiger partial charge on any atom is -1.00 e. The van der Waals surface area contributed by atoms with Crippen molar-refractivity contribution in [3.05, 3.63) is 160 Å². The fourth-order valence-corrected chi connectivity index (χ4v) is 9.61. The molecule has 0 saturated heterocycles. The van der Waals surface area contributed by atoms with E-state index in [0.29, 0.717) is 11.8 Å². The molecule has 0 heterocycles. The first kappa shape index (κ1) is 27.8. The van der Waals surface area contributed by atoms with E-state index in [1.165, 1.54) is 44.6 Å². The van der Waals surface area contributed by atoms with Crippen molar-refractivity contribution in [2.75, 3.05) is 0 Å². The summed E-state index contributed by atoms with van der Waals surface area (Å²) < 4.78 is 3.32. The molecule has 4 aliphatic carbocycles. The van der Waals surface area contributed by atoms with E-state index in [9.17, 15) is 0 Å². The Morgan fingerprint density at radius 2 is 1.00 bits per heavy atom. The molecule has 0 aliphatic heterocycles. The maximum absolute atomic E-state index is 2.50. The average molecular weight is 601 g/mol. The Morgan fingerprint density at radius 3 is 1.41 bits per heavy atom. The van der Waals surface area contributed by atoms with Gasteiger partial charge in [0.25, 0.3) is 0 Å². The first-order valence-corrected chi connectivity index (χ1v) is 15.1. The Bertz CT molecular complexity index is 1300. The Kier molecular flexibility index (Phi) is 9.12. The summed E-state index contributed by atoms with van der Waals surface area (Å²) >= 11 is -1.01. The van der Waals surface area contributed by atoms with Gasteiger partial charge in [-0.3, -0.25) is 0 Å². The van der Waals surface area contributed by atoms with Crippen molar-refractivity contribution in [1.29, 1.82) is 0 Å². The van der Waals surface area contributed by atoms with Crippen LogP contribution in [0.15, 0.2) is 149 Å². The van der Waals surface area contributed by atoms with Crippen LogP contribution in [0.1, 0.15) is 49.7 Å². The second kappa shape index (κ2) is 12.1. The summed E-state index contributed by atoms with van der Waals surface area (Å²) in [5, 5.41) is 0. The fourth-order valence-electron chi connectivity index (χ4n) is 5.89. The van der Waals surface area contributed by atoms with Gasteiger partial charge in [0, 0.05) is 0 Å². The Morgan fingerprint density at radius 1 is 0.595 bits per heavy atom. The van der Waals surface area contributed by atoms with E-state index in [-0.39, 0.29) is 24.8 Å². The van der Waals surface area contributed by atoms with Crippen LogP contribution in [0.4, 0.5) is 0 Å². The largest absolute Gasteiger partial charge is 1.00 e. The smallest absolute Gasteiger partial charge is 1.00 e. The van der Waals surface area contributed by atoms with E-state index >= 15 is 0 Å². The van der Waals surface area contributed by atoms with Crippen LogP contribution >= 0.6 is 0 Å². The molecular formula is C34H30Cl2Zr. The molecular weight excluding hydrogens is 571 g/mol. The van der Waals surface area contributed by atoms with Crippen LogP contribution in [0, 0.1) is 0 Å². The molecule has 184 valence electrons. The van der Waals surface area contributed by atoms with Crippen molar-refractivity contribution in [2.45, 2.75) is 38.5 Å². The Hall–Kier alpha value is -2.18. The minimum atomic E-state index is -1.01. The van der Waals surface area contributed by atoms with Gasteiger partial charge in [0.1, 0.15) is 0 Å². The zero-order valence-corrected chi connectivity index (χ0v) is 25.2. The van der Waals surface area contributed by atoms with Gasteiger partial charge < -0.3 is 24.8 Å². The predicted molar refractivity (Wildman–Crippen MR) is 144 cm³/mol. The van der Waals surface area contributed by atoms with Crippen molar-refractivity contribution in [2.24, 2.45) is 0 Å². The number of halogens is 2. The Labute approximate surface area is 245 Å². The van der Waals surface area contributed by atoms with Crippen molar-refractivity contribution < 1.29 is 48.0 Å². The van der Waals surface area contributed by atoms with Crippen LogP contribution in [-0.4, -0.2) is 0 Å². The summed E-state index contributed by atoms with van der Waals surface area (Å²) in [6.45, 7) is 4.69. The van der Waals surface area contributed by atoms with Crippen molar-refractivity contribution >= 4 is 0 Å². The van der Waals surface area contributed by atoms with Crippen LogP contribution in [-0.2, 0) is 23.2 Å². The average Bonchev–Trinajstić information content (AvgIpc) is 3.15. The molecule has 0 N–H and O–H groups in total.